The van der Waals surface area contributed by atoms with Gasteiger partial charge in [-0.2, -0.15) is 0 Å². The van der Waals surface area contributed by atoms with Crippen LogP contribution in [0, 0.1) is 6.92 Å². The summed E-state index contributed by atoms with van der Waals surface area (Å²) >= 11 is 0. The number of carbonyl (C=O) groups is 2. The van der Waals surface area contributed by atoms with Crippen molar-refractivity contribution in [2.75, 3.05) is 40.4 Å². The zero-order valence-electron chi connectivity index (χ0n) is 14.5. The number of aromatic amines is 1. The number of methoxy groups -OCH3 is 1. The van der Waals surface area contributed by atoms with E-state index in [1.165, 1.54) is 0 Å². The summed E-state index contributed by atoms with van der Waals surface area (Å²) in [7, 11) is 3.41. The number of aryl methyl sites for hydroxylation is 1. The first-order chi connectivity index (χ1) is 11.5. The molecule has 6 nitrogen and oxygen atoms in total. The van der Waals surface area contributed by atoms with Crippen LogP contribution in [-0.2, 0) is 9.53 Å². The Balaban J connectivity index is 1.91. The van der Waals surface area contributed by atoms with Gasteiger partial charge in [0.05, 0.1) is 13.1 Å². The lowest BCUT2D eigenvalue weighted by atomic mass is 10.1. The summed E-state index contributed by atoms with van der Waals surface area (Å²) in [6.07, 6.45) is 0.777. The molecule has 0 aliphatic carbocycles. The van der Waals surface area contributed by atoms with Gasteiger partial charge in [0.2, 0.25) is 5.91 Å². The molecular weight excluding hydrogens is 306 g/mol. The Hall–Kier alpha value is -2.18. The van der Waals surface area contributed by atoms with Crippen molar-refractivity contribution in [1.82, 2.24) is 15.2 Å². The van der Waals surface area contributed by atoms with Crippen LogP contribution in [0.5, 0.6) is 0 Å². The minimum absolute atomic E-state index is 0.0135. The van der Waals surface area contributed by atoms with E-state index in [4.69, 9.17) is 4.74 Å². The molecule has 0 bridgehead atoms. The molecule has 0 saturated heterocycles. The average Bonchev–Trinajstić information content (AvgIpc) is 2.87. The van der Waals surface area contributed by atoms with Crippen LogP contribution in [0.4, 0.5) is 0 Å². The predicted octanol–water partition coefficient (Wildman–Crippen LogP) is 1.74. The molecule has 0 unspecified atom stereocenters. The Morgan fingerprint density at radius 2 is 2.00 bits per heavy atom. The number of fused-ring (bicyclic) bond motifs is 1. The monoisotopic (exact) mass is 331 g/mol. The number of rotatable bonds is 9. The Labute approximate surface area is 142 Å². The molecule has 24 heavy (non-hydrogen) atoms. The van der Waals surface area contributed by atoms with E-state index in [2.05, 4.69) is 10.3 Å². The number of ketones is 1. The molecule has 0 atom stereocenters. The topological polar surface area (TPSA) is 74.4 Å². The third kappa shape index (κ3) is 4.66. The Morgan fingerprint density at radius 3 is 2.75 bits per heavy atom. The van der Waals surface area contributed by atoms with Crippen molar-refractivity contribution in [3.8, 4) is 0 Å². The van der Waals surface area contributed by atoms with E-state index >= 15 is 0 Å². The maximum Gasteiger partial charge on any atom is 0.234 e. The number of likely N-dealkylation sites (N-methyl/N-ethyl adjacent to an activating group) is 1. The van der Waals surface area contributed by atoms with Crippen LogP contribution in [0.2, 0.25) is 0 Å². The first kappa shape index (κ1) is 18.2. The van der Waals surface area contributed by atoms with E-state index in [0.29, 0.717) is 18.7 Å². The van der Waals surface area contributed by atoms with Gasteiger partial charge in [0.25, 0.3) is 0 Å². The van der Waals surface area contributed by atoms with Crippen molar-refractivity contribution in [1.29, 1.82) is 0 Å². The number of aromatic nitrogens is 1. The molecule has 2 rings (SSSR count). The largest absolute Gasteiger partial charge is 0.385 e. The first-order valence-electron chi connectivity index (χ1n) is 8.07. The third-order valence-electron chi connectivity index (χ3n) is 3.85. The SMILES string of the molecule is COCCCNC(=O)CN(C)CC(=O)c1c(C)[nH]c2ccccc12. The van der Waals surface area contributed by atoms with Crippen LogP contribution in [0.15, 0.2) is 24.3 Å². The van der Waals surface area contributed by atoms with E-state index in [0.717, 1.165) is 23.0 Å². The van der Waals surface area contributed by atoms with E-state index < -0.39 is 0 Å². The second kappa shape index (κ2) is 8.61. The van der Waals surface area contributed by atoms with E-state index in [1.807, 2.05) is 31.2 Å². The highest BCUT2D eigenvalue weighted by Gasteiger charge is 2.18. The summed E-state index contributed by atoms with van der Waals surface area (Å²) in [4.78, 5) is 29.4. The van der Waals surface area contributed by atoms with Gasteiger partial charge in [-0.25, -0.2) is 0 Å². The highest BCUT2D eigenvalue weighted by molar-refractivity contribution is 6.10. The molecule has 0 aliphatic rings. The third-order valence-corrected chi connectivity index (χ3v) is 3.85. The fourth-order valence-electron chi connectivity index (χ4n) is 2.76. The maximum absolute atomic E-state index is 12.6. The number of nitrogens with one attached hydrogen (secondary N) is 2. The molecule has 1 aromatic carbocycles. The number of hydrogen-bond donors (Lipinski definition) is 2. The molecule has 1 aromatic heterocycles. The van der Waals surface area contributed by atoms with Crippen molar-refractivity contribution in [2.24, 2.45) is 0 Å². The maximum atomic E-state index is 12.6. The van der Waals surface area contributed by atoms with Crippen molar-refractivity contribution >= 4 is 22.6 Å². The molecule has 1 amide bonds. The lowest BCUT2D eigenvalue weighted by Gasteiger charge is -2.15. The van der Waals surface area contributed by atoms with Crippen LogP contribution < -0.4 is 5.32 Å². The molecule has 0 spiro atoms. The quantitative estimate of drug-likeness (QED) is 0.542. The fourth-order valence-corrected chi connectivity index (χ4v) is 2.76. The van der Waals surface area contributed by atoms with Crippen molar-refractivity contribution in [2.45, 2.75) is 13.3 Å². The van der Waals surface area contributed by atoms with Gasteiger partial charge >= 0.3 is 0 Å². The van der Waals surface area contributed by atoms with Gasteiger partial charge in [-0.3, -0.25) is 14.5 Å². The van der Waals surface area contributed by atoms with Gasteiger partial charge in [-0.05, 0) is 26.5 Å². The molecule has 130 valence electrons. The van der Waals surface area contributed by atoms with Gasteiger partial charge < -0.3 is 15.0 Å². The standard InChI is InChI=1S/C18H25N3O3/c1-13-18(14-7-4-5-8-15(14)20-13)16(22)11-21(2)12-17(23)19-9-6-10-24-3/h4-5,7-8,20H,6,9-12H2,1-3H3,(H,19,23). The zero-order valence-corrected chi connectivity index (χ0v) is 14.5. The summed E-state index contributed by atoms with van der Waals surface area (Å²) < 4.78 is 4.94. The molecule has 6 heteroatoms. The van der Waals surface area contributed by atoms with Crippen LogP contribution in [0.1, 0.15) is 22.5 Å². The second-order valence-corrected chi connectivity index (χ2v) is 5.96. The number of nitrogens with zero attached hydrogens (tertiary/aromatic N) is 1. The highest BCUT2D eigenvalue weighted by Crippen LogP contribution is 2.22. The van der Waals surface area contributed by atoms with Crippen LogP contribution >= 0.6 is 0 Å². The number of para-hydroxylation sites is 1. The van der Waals surface area contributed by atoms with Gasteiger partial charge in [-0.15, -0.1) is 0 Å². The molecular formula is C18H25N3O3. The van der Waals surface area contributed by atoms with Crippen molar-refractivity contribution in [3.63, 3.8) is 0 Å². The van der Waals surface area contributed by atoms with Crippen LogP contribution in [0.3, 0.4) is 0 Å². The summed E-state index contributed by atoms with van der Waals surface area (Å²) in [5.41, 5.74) is 2.52. The summed E-state index contributed by atoms with van der Waals surface area (Å²) in [6, 6.07) is 7.75. The Bertz CT molecular complexity index is 709. The molecule has 0 aliphatic heterocycles. The van der Waals surface area contributed by atoms with E-state index in [1.54, 1.807) is 19.1 Å². The van der Waals surface area contributed by atoms with Gasteiger partial charge in [-0.1, -0.05) is 18.2 Å². The van der Waals surface area contributed by atoms with Gasteiger partial charge in [0.1, 0.15) is 0 Å². The predicted molar refractivity (Wildman–Crippen MR) is 94.4 cm³/mol. The summed E-state index contributed by atoms with van der Waals surface area (Å²) in [6.45, 7) is 3.49. The number of carbonyl (C=O) groups excluding carboxylic acids is 2. The molecule has 2 N–H and O–H groups in total. The van der Waals surface area contributed by atoms with Crippen LogP contribution in [0.25, 0.3) is 10.9 Å². The minimum Gasteiger partial charge on any atom is -0.385 e. The fraction of sp³-hybridized carbons (Fsp3) is 0.444. The number of Topliss-reactive ketones (excluding diaryl/α,β-unsaturated/α-hetero) is 1. The van der Waals surface area contributed by atoms with Crippen LogP contribution in [-0.4, -0.2) is 62.0 Å². The van der Waals surface area contributed by atoms with Gasteiger partial charge in [0.15, 0.2) is 5.78 Å². The summed E-state index contributed by atoms with van der Waals surface area (Å²) in [5.74, 6) is -0.0725. The lowest BCUT2D eigenvalue weighted by Crippen LogP contribution is -2.38. The van der Waals surface area contributed by atoms with Gasteiger partial charge in [0, 0.05) is 42.4 Å². The minimum atomic E-state index is -0.0861. The normalized spacial score (nSPS) is 11.2. The van der Waals surface area contributed by atoms with E-state index in [9.17, 15) is 9.59 Å². The Morgan fingerprint density at radius 1 is 1.25 bits per heavy atom. The number of ether oxygens (including phenoxy) is 1. The first-order valence-corrected chi connectivity index (χ1v) is 8.07. The molecule has 0 fully saturated rings. The lowest BCUT2D eigenvalue weighted by molar-refractivity contribution is -0.121. The second-order valence-electron chi connectivity index (χ2n) is 5.96. The number of hydrogen-bond acceptors (Lipinski definition) is 4. The number of benzene rings is 1. The number of H-pyrrole nitrogens is 1. The summed E-state index contributed by atoms with van der Waals surface area (Å²) in [5, 5.41) is 3.75. The molecule has 2 aromatic rings. The number of amides is 1. The van der Waals surface area contributed by atoms with E-state index in [-0.39, 0.29) is 24.8 Å². The Kier molecular flexibility index (Phi) is 6.52. The highest BCUT2D eigenvalue weighted by atomic mass is 16.5. The van der Waals surface area contributed by atoms with Crippen molar-refractivity contribution < 1.29 is 14.3 Å². The average molecular weight is 331 g/mol. The smallest absolute Gasteiger partial charge is 0.234 e. The molecule has 0 saturated carbocycles. The van der Waals surface area contributed by atoms with Crippen molar-refractivity contribution in [3.05, 3.63) is 35.5 Å². The molecule has 0 radical (unpaired) electrons. The molecule has 1 heterocycles. The zero-order chi connectivity index (χ0) is 17.5.